The van der Waals surface area contributed by atoms with Crippen LogP contribution in [0.1, 0.15) is 81.6 Å². The van der Waals surface area contributed by atoms with Crippen LogP contribution >= 0.6 is 23.5 Å². The summed E-state index contributed by atoms with van der Waals surface area (Å²) in [5.41, 5.74) is 5.34. The lowest BCUT2D eigenvalue weighted by atomic mass is 10.2. The number of urea groups is 1. The summed E-state index contributed by atoms with van der Waals surface area (Å²) < 4.78 is 103. The standard InChI is InChI=1S/C33H62N6O15P2.C16H32N3O7P/c1-9-15-49-55(45,53-23-31(38-29(7)42)21-47-17-11-25(3)36-27(5)40)51-19-13-34-33(44)35-14-20-52-56(46,50-16-10-2)54-24-32(39-30(8)43)22-48-18-12-26(4)37-28(6)41;1-5-8-24-27(22,25-10-7-17)26-12-16(19-15(4)21)11-23-9-6-13(2)18-14(3)20/h9-10,25-26,31-32H,1-2,11-24H2,3-8H3,(H,36,40)(H,37,41)(H,38,42)(H,39,43)(H2,34,35,44);5,13,16H,1,6-12,17H2,2-4H3,(H,18,20)(H,19,21)/t25-,26-,31+,32+,55?,56?;13-,16+,27?/m00/s1. The third kappa shape index (κ3) is 49.5. The number of ether oxygens (including phenoxy) is 3. The maximum Gasteiger partial charge on any atom is 0.475 e. The number of carbonyl (C=O) groups is 7. The summed E-state index contributed by atoms with van der Waals surface area (Å²) in [5.74, 6) is -1.49. The molecule has 0 saturated heterocycles. The Bertz CT molecular complexity index is 1970. The highest BCUT2D eigenvalue weighted by atomic mass is 31.2. The lowest BCUT2D eigenvalue weighted by Crippen LogP contribution is -2.41. The summed E-state index contributed by atoms with van der Waals surface area (Å²) in [6, 6.07) is -2.92. The number of amides is 8. The van der Waals surface area contributed by atoms with Crippen LogP contribution < -0.4 is 48.3 Å². The van der Waals surface area contributed by atoms with Crippen LogP contribution in [0.25, 0.3) is 0 Å². The fourth-order valence-corrected chi connectivity index (χ4v) is 9.73. The number of hydrogen-bond acceptors (Lipinski definition) is 23. The van der Waals surface area contributed by atoms with Crippen molar-refractivity contribution >= 4 is 64.9 Å². The topological polar surface area (TPSA) is 404 Å². The minimum atomic E-state index is -4.18. The highest BCUT2D eigenvalue weighted by Crippen LogP contribution is 2.51. The van der Waals surface area contributed by atoms with Crippen molar-refractivity contribution < 1.29 is 102 Å². The maximum atomic E-state index is 13.2. The van der Waals surface area contributed by atoms with Crippen molar-refractivity contribution in [2.75, 3.05) is 119 Å². The Morgan fingerprint density at radius 1 is 0.398 bits per heavy atom. The Hall–Kier alpha value is -4.52. The number of hydrogen-bond donors (Lipinski definition) is 9. The van der Waals surface area contributed by atoms with Crippen molar-refractivity contribution in [3.05, 3.63) is 38.0 Å². The summed E-state index contributed by atoms with van der Waals surface area (Å²) in [5, 5.41) is 21.1. The lowest BCUT2D eigenvalue weighted by molar-refractivity contribution is -0.121. The molecule has 34 heteroatoms. The number of carbonyl (C=O) groups excluding carboxylic acids is 7. The van der Waals surface area contributed by atoms with Gasteiger partial charge in [-0.2, -0.15) is 0 Å². The van der Waals surface area contributed by atoms with Crippen molar-refractivity contribution in [1.82, 2.24) is 42.5 Å². The van der Waals surface area contributed by atoms with Crippen molar-refractivity contribution in [2.24, 2.45) is 5.73 Å². The average Bonchev–Trinajstić information content (AvgIpc) is 3.44. The van der Waals surface area contributed by atoms with E-state index in [4.69, 9.17) is 60.7 Å². The molecule has 0 aromatic carbocycles. The summed E-state index contributed by atoms with van der Waals surface area (Å²) in [6.45, 7) is 23.5. The van der Waals surface area contributed by atoms with Crippen LogP contribution in [0, 0.1) is 0 Å². The van der Waals surface area contributed by atoms with Crippen LogP contribution in [0.2, 0.25) is 0 Å². The fraction of sp³-hybridized carbons (Fsp3) is 0.735. The molecule has 0 aliphatic carbocycles. The van der Waals surface area contributed by atoms with E-state index in [-0.39, 0.29) is 166 Å². The predicted octanol–water partition coefficient (Wildman–Crippen LogP) is 2.57. The van der Waals surface area contributed by atoms with Gasteiger partial charge < -0.3 is 62.5 Å². The van der Waals surface area contributed by atoms with Gasteiger partial charge in [-0.05, 0) is 40.0 Å². The Morgan fingerprint density at radius 3 is 0.904 bits per heavy atom. The number of rotatable bonds is 50. The molecule has 0 heterocycles. The Morgan fingerprint density at radius 2 is 0.663 bits per heavy atom. The molecule has 0 rings (SSSR count). The third-order valence-corrected chi connectivity index (χ3v) is 13.9. The highest BCUT2D eigenvalue weighted by Gasteiger charge is 2.31. The van der Waals surface area contributed by atoms with Gasteiger partial charge in [-0.25, -0.2) is 18.5 Å². The predicted molar refractivity (Wildman–Crippen MR) is 306 cm³/mol. The van der Waals surface area contributed by atoms with Gasteiger partial charge in [-0.3, -0.25) is 69.5 Å². The van der Waals surface area contributed by atoms with E-state index < -0.39 is 47.6 Å². The first-order valence-corrected chi connectivity index (χ1v) is 31.0. The van der Waals surface area contributed by atoms with Crippen molar-refractivity contribution in [1.29, 1.82) is 0 Å². The zero-order valence-corrected chi connectivity index (χ0v) is 52.3. The molecule has 9 atom stereocenters. The molecule has 0 aromatic heterocycles. The van der Waals surface area contributed by atoms with Crippen LogP contribution in [0.4, 0.5) is 4.79 Å². The number of phosphoric ester groups is 3. The van der Waals surface area contributed by atoms with Gasteiger partial charge in [-0.15, -0.1) is 19.7 Å². The van der Waals surface area contributed by atoms with Crippen LogP contribution in [0.5, 0.6) is 0 Å². The normalized spacial score (nSPS) is 15.4. The molecule has 83 heavy (non-hydrogen) atoms. The van der Waals surface area contributed by atoms with E-state index in [0.717, 1.165) is 0 Å². The number of nitrogens with one attached hydrogen (secondary N) is 8. The third-order valence-electron chi connectivity index (χ3n) is 9.61. The molecule has 0 saturated carbocycles. The number of nitrogens with two attached hydrogens (primary N) is 1. The summed E-state index contributed by atoms with van der Waals surface area (Å²) in [4.78, 5) is 80.4. The average molecular weight is 1250 g/mol. The highest BCUT2D eigenvalue weighted by molar-refractivity contribution is 7.49. The molecule has 0 radical (unpaired) electrons. The van der Waals surface area contributed by atoms with E-state index in [2.05, 4.69) is 62.3 Å². The second-order valence-corrected chi connectivity index (χ2v) is 23.0. The van der Waals surface area contributed by atoms with E-state index >= 15 is 0 Å². The van der Waals surface area contributed by atoms with Crippen LogP contribution in [-0.2, 0) is 97.4 Å². The molecule has 0 fully saturated rings. The molecule has 8 amide bonds. The molecule has 0 aliphatic heterocycles. The molecule has 10 N–H and O–H groups in total. The van der Waals surface area contributed by atoms with E-state index in [1.165, 1.54) is 59.8 Å². The van der Waals surface area contributed by atoms with E-state index in [1.54, 1.807) is 0 Å². The Labute approximate surface area is 488 Å². The molecule has 0 bridgehead atoms. The van der Waals surface area contributed by atoms with E-state index in [0.29, 0.717) is 25.9 Å². The van der Waals surface area contributed by atoms with Crippen LogP contribution in [-0.4, -0.2) is 196 Å². The Kier molecular flexibility index (Phi) is 47.2. The molecule has 0 aromatic rings. The fourth-order valence-electron chi connectivity index (χ4n) is 6.15. The first-order chi connectivity index (χ1) is 39.1. The molecule has 0 aliphatic rings. The molecule has 3 unspecified atom stereocenters. The maximum absolute atomic E-state index is 13.2. The van der Waals surface area contributed by atoms with Crippen molar-refractivity contribution in [3.63, 3.8) is 0 Å². The molecular formula is C49H94N9O22P3. The molecule has 0 spiro atoms. The van der Waals surface area contributed by atoms with Gasteiger partial charge in [0, 0.05) is 99.1 Å². The molecule has 482 valence electrons. The van der Waals surface area contributed by atoms with Crippen molar-refractivity contribution in [2.45, 2.75) is 118 Å². The zero-order valence-electron chi connectivity index (χ0n) is 49.6. The van der Waals surface area contributed by atoms with Gasteiger partial charge in [0.25, 0.3) is 0 Å². The Balaban J connectivity index is 0. The minimum Gasteiger partial charge on any atom is -0.379 e. The SMILES string of the molecule is C=CCOP(=O)(OCCN)OC[C@@H](COCC[C@H](C)NC(C)=O)NC(C)=O.C=CCOP(=O)(OCCNC(=O)NCCOP(=O)(OCC=C)OC[C@@H](COCC[C@H](C)NC(C)=O)NC(C)=O)OC[C@@H](COCC[C@H](C)NC(C)=O)NC(C)=O. The van der Waals surface area contributed by atoms with E-state index in [1.807, 2.05) is 20.8 Å². The molecule has 31 nitrogen and oxygen atoms in total. The van der Waals surface area contributed by atoms with Gasteiger partial charge in [-0.1, -0.05) is 18.2 Å². The molecular weight excluding hydrogens is 1160 g/mol. The zero-order chi connectivity index (χ0) is 63.1. The van der Waals surface area contributed by atoms with Gasteiger partial charge in [0.1, 0.15) is 0 Å². The van der Waals surface area contributed by atoms with Crippen molar-refractivity contribution in [3.8, 4) is 0 Å². The largest absolute Gasteiger partial charge is 0.475 e. The lowest BCUT2D eigenvalue weighted by Gasteiger charge is -2.23. The summed E-state index contributed by atoms with van der Waals surface area (Å²) in [6.07, 6.45) is 5.72. The van der Waals surface area contributed by atoms with E-state index in [9.17, 15) is 47.3 Å². The smallest absolute Gasteiger partial charge is 0.379 e. The van der Waals surface area contributed by atoms with Gasteiger partial charge >= 0.3 is 29.5 Å². The van der Waals surface area contributed by atoms with Gasteiger partial charge in [0.15, 0.2) is 0 Å². The first kappa shape index (κ1) is 80.5. The monoisotopic (exact) mass is 1250 g/mol. The number of phosphoric acid groups is 3. The van der Waals surface area contributed by atoms with Crippen LogP contribution in [0.3, 0.4) is 0 Å². The minimum absolute atomic E-state index is 0.00321. The van der Waals surface area contributed by atoms with Gasteiger partial charge in [0.2, 0.25) is 35.4 Å². The second-order valence-electron chi connectivity index (χ2n) is 18.0. The second kappa shape index (κ2) is 48.7. The summed E-state index contributed by atoms with van der Waals surface area (Å²) >= 11 is 0. The first-order valence-electron chi connectivity index (χ1n) is 26.7. The van der Waals surface area contributed by atoms with Crippen LogP contribution in [0.15, 0.2) is 38.0 Å². The van der Waals surface area contributed by atoms with Gasteiger partial charge in [0.05, 0.1) is 97.4 Å². The quantitative estimate of drug-likeness (QED) is 0.0240. The summed E-state index contributed by atoms with van der Waals surface area (Å²) in [7, 11) is -12.2.